The molecule has 13 heavy (non-hydrogen) atoms. The van der Waals surface area contributed by atoms with Crippen molar-refractivity contribution in [2.45, 2.75) is 6.18 Å². The average molecular weight is 186 g/mol. The van der Waals surface area contributed by atoms with Gasteiger partial charge in [0.1, 0.15) is 0 Å². The summed E-state index contributed by atoms with van der Waals surface area (Å²) in [7, 11) is 0. The molecule has 3 unspecified atom stereocenters. The summed E-state index contributed by atoms with van der Waals surface area (Å²) in [6, 6.07) is 3.17. The van der Waals surface area contributed by atoms with Crippen LogP contribution in [-0.2, 0) is 0 Å². The third-order valence-electron chi connectivity index (χ3n) is 1.98. The van der Waals surface area contributed by atoms with Gasteiger partial charge in [-0.2, -0.15) is 23.7 Å². The Morgan fingerprint density at radius 2 is 1.69 bits per heavy atom. The summed E-state index contributed by atoms with van der Waals surface area (Å²) in [5, 5.41) is 16.9. The van der Waals surface area contributed by atoms with Crippen LogP contribution in [0.2, 0.25) is 0 Å². The van der Waals surface area contributed by atoms with Crippen molar-refractivity contribution >= 4 is 0 Å². The lowest BCUT2D eigenvalue weighted by Gasteiger charge is -2.17. The van der Waals surface area contributed by atoms with E-state index in [1.54, 1.807) is 6.07 Å². The van der Waals surface area contributed by atoms with Gasteiger partial charge in [-0.25, -0.2) is 0 Å². The molecule has 68 valence electrons. The Labute approximate surface area is 72.9 Å². The second kappa shape index (κ2) is 3.10. The maximum Gasteiger partial charge on any atom is 0.396 e. The van der Waals surface area contributed by atoms with Crippen molar-refractivity contribution < 1.29 is 13.2 Å². The molecule has 1 rings (SSSR count). The second-order valence-electron chi connectivity index (χ2n) is 2.76. The normalized spacial score (nSPS) is 32.5. The molecule has 1 aliphatic carbocycles. The Morgan fingerprint density at radius 3 is 2.08 bits per heavy atom. The molecule has 0 saturated carbocycles. The van der Waals surface area contributed by atoms with Crippen LogP contribution in [0, 0.1) is 40.4 Å². The summed E-state index contributed by atoms with van der Waals surface area (Å²) >= 11 is 0. The molecule has 5 heteroatoms. The van der Waals surface area contributed by atoms with Gasteiger partial charge in [-0.15, -0.1) is 0 Å². The summed E-state index contributed by atoms with van der Waals surface area (Å²) in [5.74, 6) is -4.01. The van der Waals surface area contributed by atoms with Gasteiger partial charge in [-0.3, -0.25) is 0 Å². The lowest BCUT2D eigenvalue weighted by Crippen LogP contribution is -2.27. The number of nitriles is 2. The van der Waals surface area contributed by atoms with Gasteiger partial charge in [-0.05, 0) is 0 Å². The summed E-state index contributed by atoms with van der Waals surface area (Å²) < 4.78 is 36.6. The molecule has 0 N–H and O–H groups in total. The van der Waals surface area contributed by atoms with E-state index in [2.05, 4.69) is 0 Å². The molecule has 0 saturated heterocycles. The van der Waals surface area contributed by atoms with E-state index in [4.69, 9.17) is 10.5 Å². The number of alkyl halides is 3. The van der Waals surface area contributed by atoms with Crippen LogP contribution >= 0.6 is 0 Å². The summed E-state index contributed by atoms with van der Waals surface area (Å²) in [6.45, 7) is 0. The Hall–Kier alpha value is -1.49. The lowest BCUT2D eigenvalue weighted by molar-refractivity contribution is -0.168. The van der Waals surface area contributed by atoms with E-state index in [0.29, 0.717) is 0 Å². The minimum Gasteiger partial charge on any atom is -0.198 e. The molecule has 1 aliphatic rings. The molecule has 0 aromatic heterocycles. The van der Waals surface area contributed by atoms with Crippen molar-refractivity contribution in [3.63, 3.8) is 0 Å². The van der Waals surface area contributed by atoms with Crippen LogP contribution in [-0.4, -0.2) is 6.18 Å². The fourth-order valence-electron chi connectivity index (χ4n) is 1.30. The zero-order chi connectivity index (χ0) is 10.1. The van der Waals surface area contributed by atoms with Crippen LogP contribution in [0.5, 0.6) is 0 Å². The molecule has 0 amide bonds. The minimum atomic E-state index is -4.43. The highest BCUT2D eigenvalue weighted by atomic mass is 19.4. The highest BCUT2D eigenvalue weighted by molar-refractivity contribution is 5.20. The number of rotatable bonds is 0. The molecule has 0 aliphatic heterocycles. The van der Waals surface area contributed by atoms with Crippen LogP contribution in [0.3, 0.4) is 0 Å². The first kappa shape index (κ1) is 9.60. The SMILES string of the molecule is N#CC1C=CC(C(F)(F)F)C1C#N. The highest BCUT2D eigenvalue weighted by Crippen LogP contribution is 2.40. The van der Waals surface area contributed by atoms with Gasteiger partial charge in [-0.1, -0.05) is 12.2 Å². The van der Waals surface area contributed by atoms with Gasteiger partial charge < -0.3 is 0 Å². The number of nitrogens with zero attached hydrogens (tertiary/aromatic N) is 2. The number of hydrogen-bond donors (Lipinski definition) is 0. The van der Waals surface area contributed by atoms with E-state index in [1.807, 2.05) is 0 Å². The molecule has 0 radical (unpaired) electrons. The van der Waals surface area contributed by atoms with Crippen molar-refractivity contribution in [3.8, 4) is 12.1 Å². The molecule has 0 fully saturated rings. The first-order valence-electron chi connectivity index (χ1n) is 3.55. The summed E-state index contributed by atoms with van der Waals surface area (Å²) in [6.07, 6.45) is -2.39. The summed E-state index contributed by atoms with van der Waals surface area (Å²) in [4.78, 5) is 0. The van der Waals surface area contributed by atoms with Gasteiger partial charge in [0.15, 0.2) is 0 Å². The molecule has 0 spiro atoms. The van der Waals surface area contributed by atoms with Crippen LogP contribution < -0.4 is 0 Å². The van der Waals surface area contributed by atoms with E-state index < -0.39 is 23.9 Å². The van der Waals surface area contributed by atoms with Gasteiger partial charge in [0.05, 0.1) is 29.9 Å². The maximum atomic E-state index is 12.2. The van der Waals surface area contributed by atoms with Crippen LogP contribution in [0.25, 0.3) is 0 Å². The molecular formula is C8H5F3N2. The number of allylic oxidation sites excluding steroid dienone is 2. The first-order chi connectivity index (χ1) is 6.00. The van der Waals surface area contributed by atoms with Gasteiger partial charge in [0.2, 0.25) is 0 Å². The Kier molecular flexibility index (Phi) is 2.29. The van der Waals surface area contributed by atoms with Gasteiger partial charge >= 0.3 is 6.18 Å². The standard InChI is InChI=1S/C8H5F3N2/c9-8(10,11)7-2-1-5(3-12)6(7)4-13/h1-2,5-7H. The fourth-order valence-corrected chi connectivity index (χ4v) is 1.30. The van der Waals surface area contributed by atoms with Gasteiger partial charge in [0, 0.05) is 0 Å². The smallest absolute Gasteiger partial charge is 0.198 e. The average Bonchev–Trinajstić information content (AvgIpc) is 2.45. The van der Waals surface area contributed by atoms with E-state index in [9.17, 15) is 13.2 Å². The predicted molar refractivity (Wildman–Crippen MR) is 36.9 cm³/mol. The largest absolute Gasteiger partial charge is 0.396 e. The summed E-state index contributed by atoms with van der Waals surface area (Å²) in [5.41, 5.74) is 0. The van der Waals surface area contributed by atoms with Crippen molar-refractivity contribution in [1.29, 1.82) is 10.5 Å². The van der Waals surface area contributed by atoms with Crippen LogP contribution in [0.4, 0.5) is 13.2 Å². The third-order valence-corrected chi connectivity index (χ3v) is 1.98. The maximum absolute atomic E-state index is 12.2. The second-order valence-corrected chi connectivity index (χ2v) is 2.76. The van der Waals surface area contributed by atoms with Crippen molar-refractivity contribution in [3.05, 3.63) is 12.2 Å². The zero-order valence-electron chi connectivity index (χ0n) is 6.42. The van der Waals surface area contributed by atoms with E-state index >= 15 is 0 Å². The first-order valence-corrected chi connectivity index (χ1v) is 3.55. The molecule has 0 heterocycles. The molecule has 0 aromatic rings. The quantitative estimate of drug-likeness (QED) is 0.543. The van der Waals surface area contributed by atoms with Crippen LogP contribution in [0.1, 0.15) is 0 Å². The zero-order valence-corrected chi connectivity index (χ0v) is 6.42. The molecule has 0 bridgehead atoms. The van der Waals surface area contributed by atoms with E-state index in [-0.39, 0.29) is 0 Å². The molecule has 0 aromatic carbocycles. The number of hydrogen-bond acceptors (Lipinski definition) is 2. The predicted octanol–water partition coefficient (Wildman–Crippen LogP) is 2.01. The Morgan fingerprint density at radius 1 is 1.08 bits per heavy atom. The highest BCUT2D eigenvalue weighted by Gasteiger charge is 2.48. The molecule has 2 nitrogen and oxygen atoms in total. The third kappa shape index (κ3) is 1.65. The van der Waals surface area contributed by atoms with Gasteiger partial charge in [0.25, 0.3) is 0 Å². The van der Waals surface area contributed by atoms with Crippen LogP contribution in [0.15, 0.2) is 12.2 Å². The monoisotopic (exact) mass is 186 g/mol. The Balaban J connectivity index is 2.90. The lowest BCUT2D eigenvalue weighted by atomic mass is 9.90. The van der Waals surface area contributed by atoms with E-state index in [1.165, 1.54) is 6.07 Å². The number of halogens is 3. The minimum absolute atomic E-state index is 0.891. The topological polar surface area (TPSA) is 47.6 Å². The van der Waals surface area contributed by atoms with Crippen molar-refractivity contribution in [1.82, 2.24) is 0 Å². The Bertz CT molecular complexity index is 305. The van der Waals surface area contributed by atoms with Crippen molar-refractivity contribution in [2.24, 2.45) is 17.8 Å². The van der Waals surface area contributed by atoms with Crippen molar-refractivity contribution in [2.75, 3.05) is 0 Å². The molecular weight excluding hydrogens is 181 g/mol. The van der Waals surface area contributed by atoms with E-state index in [0.717, 1.165) is 12.2 Å². The molecule has 3 atom stereocenters. The fraction of sp³-hybridized carbons (Fsp3) is 0.500.